The van der Waals surface area contributed by atoms with Crippen LogP contribution in [-0.2, 0) is 17.8 Å². The summed E-state index contributed by atoms with van der Waals surface area (Å²) in [5, 5.41) is 0. The lowest BCUT2D eigenvalue weighted by Crippen LogP contribution is -2.11. The molecular formula is C19H21BrO4. The van der Waals surface area contributed by atoms with Gasteiger partial charge in [-0.1, -0.05) is 19.1 Å². The van der Waals surface area contributed by atoms with Crippen molar-refractivity contribution in [2.24, 2.45) is 0 Å². The van der Waals surface area contributed by atoms with Crippen molar-refractivity contribution in [3.05, 3.63) is 57.1 Å². The molecule has 0 N–H and O–H groups in total. The van der Waals surface area contributed by atoms with Crippen LogP contribution < -0.4 is 9.47 Å². The number of hydrogen-bond donors (Lipinski definition) is 0. The fourth-order valence-corrected chi connectivity index (χ4v) is 2.92. The van der Waals surface area contributed by atoms with E-state index in [2.05, 4.69) is 27.6 Å². The maximum Gasteiger partial charge on any atom is 0.513 e. The van der Waals surface area contributed by atoms with Gasteiger partial charge in [0.2, 0.25) is 0 Å². The number of aryl methyl sites for hydroxylation is 3. The van der Waals surface area contributed by atoms with Crippen LogP contribution in [-0.4, -0.2) is 13.3 Å². The molecule has 2 rings (SSSR count). The zero-order valence-corrected chi connectivity index (χ0v) is 15.9. The van der Waals surface area contributed by atoms with Crippen LogP contribution in [0.2, 0.25) is 0 Å². The van der Waals surface area contributed by atoms with E-state index in [1.54, 1.807) is 6.07 Å². The molecule has 24 heavy (non-hydrogen) atoms. The van der Waals surface area contributed by atoms with Gasteiger partial charge < -0.3 is 14.2 Å². The Morgan fingerprint density at radius 1 is 1.12 bits per heavy atom. The molecule has 0 aliphatic carbocycles. The van der Waals surface area contributed by atoms with Gasteiger partial charge in [-0.3, -0.25) is 0 Å². The van der Waals surface area contributed by atoms with Gasteiger partial charge in [-0.25, -0.2) is 4.79 Å². The number of hydrogen-bond acceptors (Lipinski definition) is 4. The molecule has 0 heterocycles. The molecule has 0 saturated carbocycles. The maximum atomic E-state index is 11.5. The second kappa shape index (κ2) is 8.20. The molecule has 0 bridgehead atoms. The summed E-state index contributed by atoms with van der Waals surface area (Å²) < 4.78 is 16.7. The van der Waals surface area contributed by atoms with Gasteiger partial charge in [0.05, 0.1) is 11.6 Å². The smallest absolute Gasteiger partial charge is 0.488 e. The highest BCUT2D eigenvalue weighted by Gasteiger charge is 2.14. The predicted molar refractivity (Wildman–Crippen MR) is 96.8 cm³/mol. The van der Waals surface area contributed by atoms with Gasteiger partial charge in [-0.05, 0) is 71.1 Å². The molecule has 0 atom stereocenters. The summed E-state index contributed by atoms with van der Waals surface area (Å²) in [4.78, 5) is 11.5. The van der Waals surface area contributed by atoms with Crippen molar-refractivity contribution in [3.63, 3.8) is 0 Å². The lowest BCUT2D eigenvalue weighted by molar-refractivity contribution is 0.120. The Balaban J connectivity index is 2.28. The van der Waals surface area contributed by atoms with Gasteiger partial charge in [0.15, 0.2) is 0 Å². The molecule has 5 heteroatoms. The summed E-state index contributed by atoms with van der Waals surface area (Å²) in [7, 11) is 1.29. The van der Waals surface area contributed by atoms with E-state index in [-0.39, 0.29) is 0 Å². The molecule has 0 fully saturated rings. The average molecular weight is 393 g/mol. The molecule has 128 valence electrons. The van der Waals surface area contributed by atoms with E-state index >= 15 is 0 Å². The van der Waals surface area contributed by atoms with Gasteiger partial charge in [0, 0.05) is 5.56 Å². The predicted octanol–water partition coefficient (Wildman–Crippen LogP) is 5.35. The summed E-state index contributed by atoms with van der Waals surface area (Å²) in [6.45, 7) is 6.45. The van der Waals surface area contributed by atoms with Crippen molar-refractivity contribution >= 4 is 22.1 Å². The van der Waals surface area contributed by atoms with E-state index < -0.39 is 6.16 Å². The Bertz CT molecular complexity index is 740. The van der Waals surface area contributed by atoms with Crippen molar-refractivity contribution in [2.75, 3.05) is 7.11 Å². The van der Waals surface area contributed by atoms with Crippen molar-refractivity contribution in [2.45, 2.75) is 33.8 Å². The minimum Gasteiger partial charge on any atom is -0.488 e. The topological polar surface area (TPSA) is 44.8 Å². The Hall–Kier alpha value is -2.01. The molecule has 0 radical (unpaired) electrons. The summed E-state index contributed by atoms with van der Waals surface area (Å²) in [5.74, 6) is 1.22. The number of methoxy groups -OCH3 is 1. The van der Waals surface area contributed by atoms with Gasteiger partial charge >= 0.3 is 6.16 Å². The van der Waals surface area contributed by atoms with Crippen LogP contribution in [0, 0.1) is 13.8 Å². The fraction of sp³-hybridized carbons (Fsp3) is 0.316. The highest BCUT2D eigenvalue weighted by Crippen LogP contribution is 2.31. The zero-order valence-electron chi connectivity index (χ0n) is 14.3. The highest BCUT2D eigenvalue weighted by molar-refractivity contribution is 9.10. The summed E-state index contributed by atoms with van der Waals surface area (Å²) in [6.07, 6.45) is 0.0717. The monoisotopic (exact) mass is 392 g/mol. The Morgan fingerprint density at radius 2 is 1.83 bits per heavy atom. The largest absolute Gasteiger partial charge is 0.513 e. The van der Waals surface area contributed by atoms with E-state index in [4.69, 9.17) is 9.47 Å². The summed E-state index contributed by atoms with van der Waals surface area (Å²) in [6, 6.07) is 9.62. The number of halogens is 1. The highest BCUT2D eigenvalue weighted by atomic mass is 79.9. The van der Waals surface area contributed by atoms with E-state index in [1.807, 2.05) is 38.1 Å². The zero-order chi connectivity index (χ0) is 17.7. The molecule has 0 aliphatic rings. The van der Waals surface area contributed by atoms with Gasteiger partial charge in [0.25, 0.3) is 0 Å². The molecule has 0 aliphatic heterocycles. The fourth-order valence-electron chi connectivity index (χ4n) is 2.35. The molecule has 4 nitrogen and oxygen atoms in total. The first-order valence-electron chi connectivity index (χ1n) is 7.72. The summed E-state index contributed by atoms with van der Waals surface area (Å²) >= 11 is 3.53. The van der Waals surface area contributed by atoms with Crippen LogP contribution in [0.5, 0.6) is 11.5 Å². The average Bonchev–Trinajstić information content (AvgIpc) is 2.57. The van der Waals surface area contributed by atoms with E-state index in [0.29, 0.717) is 12.4 Å². The normalized spacial score (nSPS) is 10.4. The van der Waals surface area contributed by atoms with Crippen molar-refractivity contribution in [1.82, 2.24) is 0 Å². The number of ether oxygens (including phenoxy) is 3. The first kappa shape index (κ1) is 18.3. The standard InChI is InChI=1S/C19H21BrO4/c1-5-14-7-6-8-17(24-19(21)22-4)15(14)11-23-18-10-13(3)12(2)9-16(18)20/h6-10H,5,11H2,1-4H3. The molecule has 0 amide bonds. The minimum absolute atomic E-state index is 0.303. The molecule has 2 aromatic rings. The summed E-state index contributed by atoms with van der Waals surface area (Å²) in [5.41, 5.74) is 4.26. The third-order valence-electron chi connectivity index (χ3n) is 3.89. The van der Waals surface area contributed by atoms with Gasteiger partial charge in [-0.2, -0.15) is 0 Å². The van der Waals surface area contributed by atoms with Crippen molar-refractivity contribution in [1.29, 1.82) is 0 Å². The SMILES string of the molecule is CCc1cccc(OC(=O)OC)c1COc1cc(C)c(C)cc1Br. The van der Waals surface area contributed by atoms with E-state index in [9.17, 15) is 4.79 Å². The number of benzene rings is 2. The second-order valence-electron chi connectivity index (χ2n) is 5.46. The number of carbonyl (C=O) groups excluding carboxylic acids is 1. The Morgan fingerprint density at radius 3 is 2.50 bits per heavy atom. The molecule has 0 unspecified atom stereocenters. The van der Waals surface area contributed by atoms with Crippen molar-refractivity contribution in [3.8, 4) is 11.5 Å². The lowest BCUT2D eigenvalue weighted by atomic mass is 10.0. The maximum absolute atomic E-state index is 11.5. The molecular weight excluding hydrogens is 372 g/mol. The molecule has 2 aromatic carbocycles. The van der Waals surface area contributed by atoms with E-state index in [1.165, 1.54) is 12.7 Å². The third kappa shape index (κ3) is 4.29. The number of rotatable bonds is 5. The molecule has 0 aromatic heterocycles. The second-order valence-corrected chi connectivity index (χ2v) is 6.31. The van der Waals surface area contributed by atoms with Crippen LogP contribution in [0.25, 0.3) is 0 Å². The van der Waals surface area contributed by atoms with Crippen molar-refractivity contribution < 1.29 is 19.0 Å². The molecule has 0 spiro atoms. The van der Waals surface area contributed by atoms with Crippen LogP contribution in [0.4, 0.5) is 4.79 Å². The quantitative estimate of drug-likeness (QED) is 0.507. The first-order chi connectivity index (χ1) is 11.5. The van der Waals surface area contributed by atoms with Gasteiger partial charge in [-0.15, -0.1) is 0 Å². The third-order valence-corrected chi connectivity index (χ3v) is 4.51. The number of carbonyl (C=O) groups is 1. The van der Waals surface area contributed by atoms with Crippen LogP contribution in [0.3, 0.4) is 0 Å². The van der Waals surface area contributed by atoms with Crippen LogP contribution in [0.15, 0.2) is 34.8 Å². The molecule has 0 saturated heterocycles. The lowest BCUT2D eigenvalue weighted by Gasteiger charge is -2.16. The van der Waals surface area contributed by atoms with Gasteiger partial charge in [0.1, 0.15) is 18.1 Å². The first-order valence-corrected chi connectivity index (χ1v) is 8.51. The Labute approximate surface area is 150 Å². The van der Waals surface area contributed by atoms with Crippen LogP contribution in [0.1, 0.15) is 29.2 Å². The van der Waals surface area contributed by atoms with E-state index in [0.717, 1.165) is 33.3 Å². The minimum atomic E-state index is -0.739. The Kier molecular flexibility index (Phi) is 6.26. The van der Waals surface area contributed by atoms with Crippen LogP contribution >= 0.6 is 15.9 Å².